The van der Waals surface area contributed by atoms with Gasteiger partial charge in [0, 0.05) is 23.8 Å². The van der Waals surface area contributed by atoms with Crippen molar-refractivity contribution in [2.75, 3.05) is 12.3 Å². The van der Waals surface area contributed by atoms with E-state index < -0.39 is 0 Å². The van der Waals surface area contributed by atoms with Crippen LogP contribution in [0.5, 0.6) is 5.75 Å². The van der Waals surface area contributed by atoms with E-state index in [9.17, 15) is 0 Å². The molecule has 4 heteroatoms. The van der Waals surface area contributed by atoms with Crippen molar-refractivity contribution in [3.05, 3.63) is 53.3 Å². The lowest BCUT2D eigenvalue weighted by Gasteiger charge is -2.06. The van der Waals surface area contributed by atoms with Crippen LogP contribution in [0.25, 0.3) is 0 Å². The van der Waals surface area contributed by atoms with Gasteiger partial charge in [0.15, 0.2) is 0 Å². The first-order valence-corrected chi connectivity index (χ1v) is 5.69. The van der Waals surface area contributed by atoms with Gasteiger partial charge in [-0.1, -0.05) is 11.6 Å². The number of nitrogens with zero attached hydrogens (tertiary/aromatic N) is 1. The molecule has 17 heavy (non-hydrogen) atoms. The van der Waals surface area contributed by atoms with Crippen LogP contribution in [0.15, 0.2) is 42.7 Å². The van der Waals surface area contributed by atoms with E-state index >= 15 is 0 Å². The molecule has 1 aromatic heterocycles. The highest BCUT2D eigenvalue weighted by molar-refractivity contribution is 6.30. The van der Waals surface area contributed by atoms with E-state index in [1.54, 1.807) is 24.5 Å². The zero-order valence-electron chi connectivity index (χ0n) is 9.27. The van der Waals surface area contributed by atoms with Crippen molar-refractivity contribution in [2.45, 2.75) is 6.42 Å². The number of hydrogen-bond donors (Lipinski definition) is 1. The average molecular weight is 249 g/mol. The fourth-order valence-electron chi connectivity index (χ4n) is 1.46. The molecule has 1 aromatic carbocycles. The molecule has 0 amide bonds. The number of ether oxygens (including phenoxy) is 1. The molecule has 0 fully saturated rings. The quantitative estimate of drug-likeness (QED) is 0.905. The minimum absolute atomic E-state index is 0.590. The molecule has 0 unspecified atom stereocenters. The second-order valence-electron chi connectivity index (χ2n) is 3.68. The predicted octanol–water partition coefficient (Wildman–Crippen LogP) is 2.94. The molecule has 0 radical (unpaired) electrons. The van der Waals surface area contributed by atoms with Crippen LogP contribution < -0.4 is 10.5 Å². The number of aromatic nitrogens is 1. The van der Waals surface area contributed by atoms with Crippen molar-refractivity contribution in [3.63, 3.8) is 0 Å². The molecule has 0 aliphatic heterocycles. The third-order valence-electron chi connectivity index (χ3n) is 2.29. The van der Waals surface area contributed by atoms with Gasteiger partial charge in [0.1, 0.15) is 5.75 Å². The number of halogens is 1. The maximum absolute atomic E-state index is 5.78. The Morgan fingerprint density at radius 2 is 1.94 bits per heavy atom. The molecule has 2 rings (SSSR count). The predicted molar refractivity (Wildman–Crippen MR) is 69.3 cm³/mol. The van der Waals surface area contributed by atoms with Crippen LogP contribution in [-0.4, -0.2) is 11.6 Å². The maximum atomic E-state index is 5.78. The standard InChI is InChI=1S/C13H13ClN2O/c14-11-1-3-13(4-2-11)17-6-5-10-7-12(15)9-16-8-10/h1-4,7-9H,5-6,15H2. The molecule has 88 valence electrons. The van der Waals surface area contributed by atoms with Crippen LogP contribution in [0.1, 0.15) is 5.56 Å². The molecule has 0 aliphatic carbocycles. The fraction of sp³-hybridized carbons (Fsp3) is 0.154. The van der Waals surface area contributed by atoms with E-state index in [4.69, 9.17) is 22.1 Å². The Hall–Kier alpha value is -1.74. The number of hydrogen-bond acceptors (Lipinski definition) is 3. The summed E-state index contributed by atoms with van der Waals surface area (Å²) in [6.07, 6.45) is 4.20. The highest BCUT2D eigenvalue weighted by Gasteiger charge is 1.97. The van der Waals surface area contributed by atoms with Gasteiger partial charge in [-0.15, -0.1) is 0 Å². The van der Waals surface area contributed by atoms with Crippen molar-refractivity contribution >= 4 is 17.3 Å². The zero-order chi connectivity index (χ0) is 12.1. The Balaban J connectivity index is 1.85. The van der Waals surface area contributed by atoms with Crippen molar-refractivity contribution in [1.82, 2.24) is 4.98 Å². The van der Waals surface area contributed by atoms with Crippen molar-refractivity contribution in [1.29, 1.82) is 0 Å². The van der Waals surface area contributed by atoms with Crippen molar-refractivity contribution in [2.24, 2.45) is 0 Å². The highest BCUT2D eigenvalue weighted by Crippen LogP contribution is 2.15. The summed E-state index contributed by atoms with van der Waals surface area (Å²) in [7, 11) is 0. The summed E-state index contributed by atoms with van der Waals surface area (Å²) in [5.41, 5.74) is 7.38. The van der Waals surface area contributed by atoms with Gasteiger partial charge in [-0.2, -0.15) is 0 Å². The molecule has 0 saturated heterocycles. The summed E-state index contributed by atoms with van der Waals surface area (Å²) >= 11 is 5.78. The smallest absolute Gasteiger partial charge is 0.119 e. The van der Waals surface area contributed by atoms with Gasteiger partial charge in [-0.05, 0) is 35.9 Å². The highest BCUT2D eigenvalue weighted by atomic mass is 35.5. The molecular weight excluding hydrogens is 236 g/mol. The first-order valence-electron chi connectivity index (χ1n) is 5.32. The SMILES string of the molecule is Nc1cncc(CCOc2ccc(Cl)cc2)c1. The number of rotatable bonds is 4. The molecular formula is C13H13ClN2O. The monoisotopic (exact) mass is 248 g/mol. The van der Waals surface area contributed by atoms with Crippen LogP contribution in [0.2, 0.25) is 5.02 Å². The van der Waals surface area contributed by atoms with Gasteiger partial charge in [-0.25, -0.2) is 0 Å². The summed E-state index contributed by atoms with van der Waals surface area (Å²) in [6, 6.07) is 9.20. The number of anilines is 1. The number of nitrogen functional groups attached to an aromatic ring is 1. The summed E-state index contributed by atoms with van der Waals surface area (Å²) in [4.78, 5) is 4.02. The van der Waals surface area contributed by atoms with Gasteiger partial charge < -0.3 is 10.5 Å². The Morgan fingerprint density at radius 1 is 1.18 bits per heavy atom. The minimum Gasteiger partial charge on any atom is -0.493 e. The molecule has 0 aliphatic rings. The number of benzene rings is 1. The van der Waals surface area contributed by atoms with Gasteiger partial charge >= 0.3 is 0 Å². The van der Waals surface area contributed by atoms with Gasteiger partial charge in [0.2, 0.25) is 0 Å². The van der Waals surface area contributed by atoms with Crippen molar-refractivity contribution in [3.8, 4) is 5.75 Å². The third kappa shape index (κ3) is 3.64. The van der Waals surface area contributed by atoms with Crippen LogP contribution in [0.4, 0.5) is 5.69 Å². The minimum atomic E-state index is 0.590. The molecule has 0 bridgehead atoms. The largest absolute Gasteiger partial charge is 0.493 e. The van der Waals surface area contributed by atoms with Crippen LogP contribution >= 0.6 is 11.6 Å². The number of nitrogens with two attached hydrogens (primary N) is 1. The Kier molecular flexibility index (Phi) is 3.83. The molecule has 0 saturated carbocycles. The van der Waals surface area contributed by atoms with Crippen LogP contribution in [0.3, 0.4) is 0 Å². The Bertz CT molecular complexity index is 485. The second-order valence-corrected chi connectivity index (χ2v) is 4.12. The summed E-state index contributed by atoms with van der Waals surface area (Å²) in [6.45, 7) is 0.590. The molecule has 0 spiro atoms. The molecule has 0 atom stereocenters. The van der Waals surface area contributed by atoms with Crippen LogP contribution in [0, 0.1) is 0 Å². The average Bonchev–Trinajstić information content (AvgIpc) is 2.32. The van der Waals surface area contributed by atoms with E-state index in [0.717, 1.165) is 17.7 Å². The first-order chi connectivity index (χ1) is 8.24. The van der Waals surface area contributed by atoms with Gasteiger partial charge in [0.05, 0.1) is 12.3 Å². The lowest BCUT2D eigenvalue weighted by Crippen LogP contribution is -2.02. The van der Waals surface area contributed by atoms with E-state index in [1.807, 2.05) is 18.2 Å². The second kappa shape index (κ2) is 5.55. The first kappa shape index (κ1) is 11.7. The normalized spacial score (nSPS) is 10.2. The molecule has 3 nitrogen and oxygen atoms in total. The Labute approximate surface area is 105 Å². The molecule has 1 heterocycles. The maximum Gasteiger partial charge on any atom is 0.119 e. The summed E-state index contributed by atoms with van der Waals surface area (Å²) < 4.78 is 5.58. The van der Waals surface area contributed by atoms with Crippen molar-refractivity contribution < 1.29 is 4.74 Å². The molecule has 2 aromatic rings. The van der Waals surface area contributed by atoms with E-state index in [-0.39, 0.29) is 0 Å². The third-order valence-corrected chi connectivity index (χ3v) is 2.54. The summed E-state index contributed by atoms with van der Waals surface area (Å²) in [5, 5.41) is 0.706. The van der Waals surface area contributed by atoms with Gasteiger partial charge in [0.25, 0.3) is 0 Å². The van der Waals surface area contributed by atoms with E-state index in [0.29, 0.717) is 17.3 Å². The number of pyridine rings is 1. The molecule has 2 N–H and O–H groups in total. The summed E-state index contributed by atoms with van der Waals surface area (Å²) in [5.74, 6) is 0.811. The lowest BCUT2D eigenvalue weighted by molar-refractivity contribution is 0.322. The zero-order valence-corrected chi connectivity index (χ0v) is 10.0. The Morgan fingerprint density at radius 3 is 2.65 bits per heavy atom. The van der Waals surface area contributed by atoms with E-state index in [2.05, 4.69) is 4.98 Å². The fourth-order valence-corrected chi connectivity index (χ4v) is 1.59. The topological polar surface area (TPSA) is 48.1 Å². The van der Waals surface area contributed by atoms with Crippen LogP contribution in [-0.2, 0) is 6.42 Å². The van der Waals surface area contributed by atoms with E-state index in [1.165, 1.54) is 0 Å². The van der Waals surface area contributed by atoms with Gasteiger partial charge in [-0.3, -0.25) is 4.98 Å². The lowest BCUT2D eigenvalue weighted by atomic mass is 10.2.